The molecule has 0 saturated carbocycles. The van der Waals surface area contributed by atoms with Crippen molar-refractivity contribution in [2.24, 2.45) is 0 Å². The van der Waals surface area contributed by atoms with Crippen molar-refractivity contribution in [2.75, 3.05) is 13.1 Å². The van der Waals surface area contributed by atoms with Crippen LogP contribution in [0.2, 0.25) is 0 Å². The molecular formula is C17H28N2. The van der Waals surface area contributed by atoms with E-state index in [2.05, 4.69) is 61.3 Å². The molecule has 1 aliphatic rings. The molecule has 0 aromatic heterocycles. The Morgan fingerprint density at radius 2 is 2.00 bits per heavy atom. The molecule has 1 heterocycles. The van der Waals surface area contributed by atoms with E-state index in [0.29, 0.717) is 18.1 Å². The van der Waals surface area contributed by atoms with Crippen molar-refractivity contribution in [1.82, 2.24) is 10.2 Å². The number of nitrogens with one attached hydrogen (secondary N) is 1. The SMILES string of the molecule is CCC(C)N1CC(Cc2ccccc2)NCC1CC. The highest BCUT2D eigenvalue weighted by Gasteiger charge is 2.29. The molecule has 19 heavy (non-hydrogen) atoms. The van der Waals surface area contributed by atoms with Crippen molar-refractivity contribution in [2.45, 2.75) is 58.2 Å². The normalized spacial score (nSPS) is 26.3. The van der Waals surface area contributed by atoms with Crippen LogP contribution in [0.15, 0.2) is 30.3 Å². The summed E-state index contributed by atoms with van der Waals surface area (Å²) in [5.41, 5.74) is 1.44. The minimum Gasteiger partial charge on any atom is -0.311 e. The van der Waals surface area contributed by atoms with Gasteiger partial charge in [0.15, 0.2) is 0 Å². The van der Waals surface area contributed by atoms with Crippen molar-refractivity contribution in [3.8, 4) is 0 Å². The molecule has 1 aromatic rings. The van der Waals surface area contributed by atoms with Gasteiger partial charge >= 0.3 is 0 Å². The Morgan fingerprint density at radius 3 is 2.63 bits per heavy atom. The molecular weight excluding hydrogens is 232 g/mol. The van der Waals surface area contributed by atoms with E-state index in [1.807, 2.05) is 0 Å². The molecule has 1 aromatic carbocycles. The predicted molar refractivity (Wildman–Crippen MR) is 82.5 cm³/mol. The number of hydrogen-bond acceptors (Lipinski definition) is 2. The Labute approximate surface area is 118 Å². The number of nitrogens with zero attached hydrogens (tertiary/aromatic N) is 1. The summed E-state index contributed by atoms with van der Waals surface area (Å²) in [5.74, 6) is 0. The molecule has 0 radical (unpaired) electrons. The zero-order valence-electron chi connectivity index (χ0n) is 12.6. The average molecular weight is 260 g/mol. The second kappa shape index (κ2) is 7.06. The van der Waals surface area contributed by atoms with E-state index >= 15 is 0 Å². The first-order valence-electron chi connectivity index (χ1n) is 7.77. The first-order chi connectivity index (χ1) is 9.24. The number of hydrogen-bond donors (Lipinski definition) is 1. The maximum atomic E-state index is 3.74. The molecule has 1 fully saturated rings. The smallest absolute Gasteiger partial charge is 0.0236 e. The van der Waals surface area contributed by atoms with Crippen LogP contribution in [0.4, 0.5) is 0 Å². The highest BCUT2D eigenvalue weighted by atomic mass is 15.2. The molecule has 0 bridgehead atoms. The fourth-order valence-electron chi connectivity index (χ4n) is 3.08. The summed E-state index contributed by atoms with van der Waals surface area (Å²) >= 11 is 0. The maximum Gasteiger partial charge on any atom is 0.0236 e. The molecule has 3 unspecified atom stereocenters. The highest BCUT2D eigenvalue weighted by molar-refractivity contribution is 5.16. The van der Waals surface area contributed by atoms with Crippen molar-refractivity contribution in [3.63, 3.8) is 0 Å². The van der Waals surface area contributed by atoms with Gasteiger partial charge in [0.25, 0.3) is 0 Å². The van der Waals surface area contributed by atoms with Crippen LogP contribution in [-0.4, -0.2) is 36.1 Å². The van der Waals surface area contributed by atoms with E-state index in [-0.39, 0.29) is 0 Å². The monoisotopic (exact) mass is 260 g/mol. The van der Waals surface area contributed by atoms with Gasteiger partial charge in [0, 0.05) is 31.2 Å². The molecule has 2 nitrogen and oxygen atoms in total. The third kappa shape index (κ3) is 3.80. The van der Waals surface area contributed by atoms with Crippen LogP contribution in [-0.2, 0) is 6.42 Å². The fourth-order valence-corrected chi connectivity index (χ4v) is 3.08. The standard InChI is InChI=1S/C17H28N2/c1-4-14(3)19-13-16(18-12-17(19)5-2)11-15-9-7-6-8-10-15/h6-10,14,16-18H,4-5,11-13H2,1-3H3. The van der Waals surface area contributed by atoms with Crippen molar-refractivity contribution in [1.29, 1.82) is 0 Å². The Hall–Kier alpha value is -0.860. The van der Waals surface area contributed by atoms with Gasteiger partial charge in [-0.3, -0.25) is 4.90 Å². The fraction of sp³-hybridized carbons (Fsp3) is 0.647. The summed E-state index contributed by atoms with van der Waals surface area (Å²) in [5, 5.41) is 3.74. The summed E-state index contributed by atoms with van der Waals surface area (Å²) in [6, 6.07) is 12.9. The van der Waals surface area contributed by atoms with Crippen LogP contribution >= 0.6 is 0 Å². The lowest BCUT2D eigenvalue weighted by Gasteiger charge is -2.43. The van der Waals surface area contributed by atoms with Gasteiger partial charge < -0.3 is 5.32 Å². The van der Waals surface area contributed by atoms with Gasteiger partial charge in [0.1, 0.15) is 0 Å². The van der Waals surface area contributed by atoms with Crippen LogP contribution in [0.25, 0.3) is 0 Å². The van der Waals surface area contributed by atoms with Crippen molar-refractivity contribution < 1.29 is 0 Å². The van der Waals surface area contributed by atoms with Gasteiger partial charge in [-0.2, -0.15) is 0 Å². The predicted octanol–water partition coefficient (Wildman–Crippen LogP) is 3.08. The van der Waals surface area contributed by atoms with Gasteiger partial charge in [-0.1, -0.05) is 44.2 Å². The van der Waals surface area contributed by atoms with E-state index in [0.717, 1.165) is 13.0 Å². The van der Waals surface area contributed by atoms with Gasteiger partial charge in [-0.25, -0.2) is 0 Å². The first kappa shape index (κ1) is 14.5. The molecule has 1 aliphatic heterocycles. The van der Waals surface area contributed by atoms with Gasteiger partial charge in [0.2, 0.25) is 0 Å². The third-order valence-electron chi connectivity index (χ3n) is 4.50. The maximum absolute atomic E-state index is 3.74. The van der Waals surface area contributed by atoms with E-state index < -0.39 is 0 Å². The molecule has 0 amide bonds. The Balaban J connectivity index is 1.97. The third-order valence-corrected chi connectivity index (χ3v) is 4.50. The molecule has 2 heteroatoms. The number of benzene rings is 1. The molecule has 0 spiro atoms. The van der Waals surface area contributed by atoms with Crippen LogP contribution in [0.1, 0.15) is 39.2 Å². The lowest BCUT2D eigenvalue weighted by Crippen LogP contribution is -2.59. The van der Waals surface area contributed by atoms with E-state index in [1.165, 1.54) is 24.9 Å². The zero-order valence-corrected chi connectivity index (χ0v) is 12.6. The van der Waals surface area contributed by atoms with Crippen molar-refractivity contribution in [3.05, 3.63) is 35.9 Å². The van der Waals surface area contributed by atoms with E-state index in [1.54, 1.807) is 0 Å². The van der Waals surface area contributed by atoms with Gasteiger partial charge in [-0.05, 0) is 31.7 Å². The van der Waals surface area contributed by atoms with Crippen LogP contribution in [0, 0.1) is 0 Å². The Bertz CT molecular complexity index is 363. The summed E-state index contributed by atoms with van der Waals surface area (Å²) < 4.78 is 0. The summed E-state index contributed by atoms with van der Waals surface area (Å²) in [6.45, 7) is 9.29. The first-order valence-corrected chi connectivity index (χ1v) is 7.77. The molecule has 1 N–H and O–H groups in total. The second-order valence-electron chi connectivity index (χ2n) is 5.81. The number of piperazine rings is 1. The van der Waals surface area contributed by atoms with Crippen LogP contribution < -0.4 is 5.32 Å². The zero-order chi connectivity index (χ0) is 13.7. The number of rotatable bonds is 5. The summed E-state index contributed by atoms with van der Waals surface area (Å²) in [4.78, 5) is 2.71. The summed E-state index contributed by atoms with van der Waals surface area (Å²) in [6.07, 6.45) is 3.63. The molecule has 0 aliphatic carbocycles. The van der Waals surface area contributed by atoms with Crippen LogP contribution in [0.3, 0.4) is 0 Å². The largest absolute Gasteiger partial charge is 0.311 e. The quantitative estimate of drug-likeness (QED) is 0.875. The highest BCUT2D eigenvalue weighted by Crippen LogP contribution is 2.17. The van der Waals surface area contributed by atoms with Crippen LogP contribution in [0.5, 0.6) is 0 Å². The molecule has 106 valence electrons. The second-order valence-corrected chi connectivity index (χ2v) is 5.81. The lowest BCUT2D eigenvalue weighted by atomic mass is 9.98. The van der Waals surface area contributed by atoms with E-state index in [4.69, 9.17) is 0 Å². The van der Waals surface area contributed by atoms with Gasteiger partial charge in [-0.15, -0.1) is 0 Å². The van der Waals surface area contributed by atoms with Gasteiger partial charge in [0.05, 0.1) is 0 Å². The molecule has 1 saturated heterocycles. The minimum absolute atomic E-state index is 0.596. The molecule has 3 atom stereocenters. The van der Waals surface area contributed by atoms with Crippen molar-refractivity contribution >= 4 is 0 Å². The Morgan fingerprint density at radius 1 is 1.26 bits per heavy atom. The Kier molecular flexibility index (Phi) is 5.41. The lowest BCUT2D eigenvalue weighted by molar-refractivity contribution is 0.0843. The molecule has 2 rings (SSSR count). The van der Waals surface area contributed by atoms with E-state index in [9.17, 15) is 0 Å². The summed E-state index contributed by atoms with van der Waals surface area (Å²) in [7, 11) is 0. The minimum atomic E-state index is 0.596. The average Bonchev–Trinajstić information content (AvgIpc) is 2.47. The topological polar surface area (TPSA) is 15.3 Å².